The van der Waals surface area contributed by atoms with Crippen LogP contribution in [-0.2, 0) is 4.74 Å². The maximum absolute atomic E-state index is 9.77. The molecular formula is C12H15ClO6. The number of aliphatic hydroxyl groups is 4. The smallest absolute Gasteiger partial charge is 0.229 e. The quantitative estimate of drug-likeness (QED) is 0.600. The van der Waals surface area contributed by atoms with E-state index in [2.05, 4.69) is 0 Å². The first-order chi connectivity index (χ1) is 9.02. The summed E-state index contributed by atoms with van der Waals surface area (Å²) in [7, 11) is 0. The molecule has 1 aliphatic heterocycles. The molecule has 106 valence electrons. The van der Waals surface area contributed by atoms with Crippen LogP contribution in [0.25, 0.3) is 0 Å². The van der Waals surface area contributed by atoms with E-state index in [1.165, 1.54) is 0 Å². The normalized spacial score (nSPS) is 35.1. The summed E-state index contributed by atoms with van der Waals surface area (Å²) in [5, 5.41) is 38.5. The van der Waals surface area contributed by atoms with Crippen molar-refractivity contribution in [2.24, 2.45) is 0 Å². The van der Waals surface area contributed by atoms with Crippen molar-refractivity contribution < 1.29 is 29.9 Å². The van der Waals surface area contributed by atoms with E-state index in [0.29, 0.717) is 10.8 Å². The highest BCUT2D eigenvalue weighted by Crippen LogP contribution is 2.24. The monoisotopic (exact) mass is 290 g/mol. The van der Waals surface area contributed by atoms with E-state index in [4.69, 9.17) is 26.2 Å². The van der Waals surface area contributed by atoms with Crippen LogP contribution in [0.5, 0.6) is 5.75 Å². The largest absolute Gasteiger partial charge is 0.462 e. The molecule has 5 atom stereocenters. The van der Waals surface area contributed by atoms with Gasteiger partial charge in [0.25, 0.3) is 0 Å². The molecule has 0 amide bonds. The summed E-state index contributed by atoms with van der Waals surface area (Å²) in [5.41, 5.74) is 0. The molecule has 1 saturated heterocycles. The summed E-state index contributed by atoms with van der Waals surface area (Å²) in [6.07, 6.45) is -6.45. The van der Waals surface area contributed by atoms with Gasteiger partial charge < -0.3 is 29.9 Å². The predicted octanol–water partition coefficient (Wildman–Crippen LogP) is -0.481. The average Bonchev–Trinajstić information content (AvgIpc) is 2.42. The second-order valence-electron chi connectivity index (χ2n) is 4.27. The number of hydrogen-bond donors (Lipinski definition) is 4. The Labute approximate surface area is 114 Å². The van der Waals surface area contributed by atoms with Gasteiger partial charge in [0.15, 0.2) is 0 Å². The molecule has 19 heavy (non-hydrogen) atoms. The Morgan fingerprint density at radius 2 is 1.68 bits per heavy atom. The lowest BCUT2D eigenvalue weighted by molar-refractivity contribution is -0.277. The molecule has 1 heterocycles. The van der Waals surface area contributed by atoms with Crippen molar-refractivity contribution >= 4 is 11.6 Å². The fourth-order valence-corrected chi connectivity index (χ4v) is 1.94. The molecule has 0 saturated carbocycles. The van der Waals surface area contributed by atoms with Gasteiger partial charge in [-0.25, -0.2) is 0 Å². The molecular weight excluding hydrogens is 276 g/mol. The number of hydrogen-bond acceptors (Lipinski definition) is 6. The highest BCUT2D eigenvalue weighted by Gasteiger charge is 2.44. The minimum Gasteiger partial charge on any atom is -0.462 e. The SMILES string of the molecule is OC[C@H]1O[C@H](Oc2ccc(Cl)cc2)[C@@H](O)[C@@H](O)[C@H]1O. The van der Waals surface area contributed by atoms with Crippen molar-refractivity contribution in [3.8, 4) is 5.75 Å². The van der Waals surface area contributed by atoms with Gasteiger partial charge in [-0.15, -0.1) is 0 Å². The second kappa shape index (κ2) is 6.04. The van der Waals surface area contributed by atoms with Crippen LogP contribution in [0.1, 0.15) is 0 Å². The topological polar surface area (TPSA) is 99.4 Å². The Morgan fingerprint density at radius 1 is 1.05 bits per heavy atom. The Bertz CT molecular complexity index is 409. The minimum atomic E-state index is -1.46. The first kappa shape index (κ1) is 14.5. The van der Waals surface area contributed by atoms with Crippen molar-refractivity contribution in [3.05, 3.63) is 29.3 Å². The van der Waals surface area contributed by atoms with Crippen LogP contribution in [0, 0.1) is 0 Å². The number of rotatable bonds is 3. The molecule has 1 fully saturated rings. The van der Waals surface area contributed by atoms with E-state index in [1.807, 2.05) is 0 Å². The van der Waals surface area contributed by atoms with E-state index >= 15 is 0 Å². The number of aliphatic hydroxyl groups excluding tert-OH is 4. The van der Waals surface area contributed by atoms with Gasteiger partial charge in [-0.3, -0.25) is 0 Å². The molecule has 2 rings (SSSR count). The zero-order valence-corrected chi connectivity index (χ0v) is 10.6. The van der Waals surface area contributed by atoms with Crippen LogP contribution < -0.4 is 4.74 Å². The van der Waals surface area contributed by atoms with Crippen molar-refractivity contribution in [2.75, 3.05) is 6.61 Å². The maximum atomic E-state index is 9.77. The molecule has 4 N–H and O–H groups in total. The Hall–Kier alpha value is -0.890. The zero-order valence-electron chi connectivity index (χ0n) is 9.89. The molecule has 7 heteroatoms. The van der Waals surface area contributed by atoms with Crippen LogP contribution in [0.3, 0.4) is 0 Å². The number of benzene rings is 1. The molecule has 0 unspecified atom stereocenters. The lowest BCUT2D eigenvalue weighted by atomic mass is 9.99. The maximum Gasteiger partial charge on any atom is 0.229 e. The fourth-order valence-electron chi connectivity index (χ4n) is 1.81. The standard InChI is InChI=1S/C12H15ClO6/c13-6-1-3-7(4-2-6)18-12-11(17)10(16)9(15)8(5-14)19-12/h1-4,8-12,14-17H,5H2/t8-,9+,10+,11+,12+/m1/s1. The Kier molecular flexibility index (Phi) is 4.62. The number of ether oxygens (including phenoxy) is 2. The van der Waals surface area contributed by atoms with Gasteiger partial charge in [0.2, 0.25) is 6.29 Å². The van der Waals surface area contributed by atoms with Crippen molar-refractivity contribution in [3.63, 3.8) is 0 Å². The van der Waals surface area contributed by atoms with Crippen molar-refractivity contribution in [1.29, 1.82) is 0 Å². The summed E-state index contributed by atoms with van der Waals surface area (Å²) in [6, 6.07) is 6.34. The van der Waals surface area contributed by atoms with E-state index in [0.717, 1.165) is 0 Å². The van der Waals surface area contributed by atoms with Gasteiger partial charge in [-0.1, -0.05) is 11.6 Å². The van der Waals surface area contributed by atoms with Crippen molar-refractivity contribution in [2.45, 2.75) is 30.7 Å². The molecule has 0 spiro atoms. The van der Waals surface area contributed by atoms with Crippen molar-refractivity contribution in [1.82, 2.24) is 0 Å². The summed E-state index contributed by atoms with van der Waals surface area (Å²) in [5.74, 6) is 0.383. The Morgan fingerprint density at radius 3 is 2.26 bits per heavy atom. The van der Waals surface area contributed by atoms with Gasteiger partial charge in [0.05, 0.1) is 6.61 Å². The van der Waals surface area contributed by atoms with E-state index < -0.39 is 37.3 Å². The summed E-state index contributed by atoms with van der Waals surface area (Å²) in [6.45, 7) is -0.495. The molecule has 0 radical (unpaired) electrons. The van der Waals surface area contributed by atoms with Gasteiger partial charge >= 0.3 is 0 Å². The van der Waals surface area contributed by atoms with Crippen LogP contribution >= 0.6 is 11.6 Å². The summed E-state index contributed by atoms with van der Waals surface area (Å²) in [4.78, 5) is 0. The van der Waals surface area contributed by atoms with Crippen LogP contribution in [0.15, 0.2) is 24.3 Å². The van der Waals surface area contributed by atoms with Gasteiger partial charge in [0.1, 0.15) is 30.2 Å². The second-order valence-corrected chi connectivity index (χ2v) is 4.71. The molecule has 1 aromatic carbocycles. The summed E-state index contributed by atoms with van der Waals surface area (Å²) < 4.78 is 10.6. The highest BCUT2D eigenvalue weighted by atomic mass is 35.5. The van der Waals surface area contributed by atoms with Crippen LogP contribution in [-0.4, -0.2) is 57.7 Å². The van der Waals surface area contributed by atoms with Gasteiger partial charge in [-0.2, -0.15) is 0 Å². The van der Waals surface area contributed by atoms with E-state index in [1.54, 1.807) is 24.3 Å². The third-order valence-electron chi connectivity index (χ3n) is 2.91. The lowest BCUT2D eigenvalue weighted by Gasteiger charge is -2.39. The van der Waals surface area contributed by atoms with E-state index in [-0.39, 0.29) is 0 Å². The molecule has 6 nitrogen and oxygen atoms in total. The molecule has 0 bridgehead atoms. The fraction of sp³-hybridized carbons (Fsp3) is 0.500. The Balaban J connectivity index is 2.08. The molecule has 0 aromatic heterocycles. The molecule has 1 aliphatic rings. The first-order valence-electron chi connectivity index (χ1n) is 5.75. The third-order valence-corrected chi connectivity index (χ3v) is 3.17. The minimum absolute atomic E-state index is 0.383. The third kappa shape index (κ3) is 3.17. The van der Waals surface area contributed by atoms with E-state index in [9.17, 15) is 15.3 Å². The predicted molar refractivity (Wildman–Crippen MR) is 65.8 cm³/mol. The highest BCUT2D eigenvalue weighted by molar-refractivity contribution is 6.30. The average molecular weight is 291 g/mol. The first-order valence-corrected chi connectivity index (χ1v) is 6.13. The molecule has 1 aromatic rings. The molecule has 0 aliphatic carbocycles. The van der Waals surface area contributed by atoms with Crippen LogP contribution in [0.4, 0.5) is 0 Å². The van der Waals surface area contributed by atoms with Gasteiger partial charge in [-0.05, 0) is 24.3 Å². The van der Waals surface area contributed by atoms with Gasteiger partial charge in [0, 0.05) is 5.02 Å². The summed E-state index contributed by atoms with van der Waals surface area (Å²) >= 11 is 5.73. The number of halogens is 1. The lowest BCUT2D eigenvalue weighted by Crippen LogP contribution is -2.60. The zero-order chi connectivity index (χ0) is 14.0. The van der Waals surface area contributed by atoms with Crippen LogP contribution in [0.2, 0.25) is 5.02 Å².